The second-order valence-corrected chi connectivity index (χ2v) is 7.63. The number of amides is 2. The van der Waals surface area contributed by atoms with Gasteiger partial charge in [0.1, 0.15) is 0 Å². The van der Waals surface area contributed by atoms with Gasteiger partial charge in [-0.1, -0.05) is 18.2 Å². The number of thioether (sulfide) groups is 1. The van der Waals surface area contributed by atoms with Crippen LogP contribution in [0.3, 0.4) is 0 Å². The molecule has 0 radical (unpaired) electrons. The molecule has 0 fully saturated rings. The van der Waals surface area contributed by atoms with Crippen molar-refractivity contribution in [1.29, 1.82) is 0 Å². The van der Waals surface area contributed by atoms with E-state index in [1.54, 1.807) is 7.05 Å². The van der Waals surface area contributed by atoms with E-state index in [9.17, 15) is 9.59 Å². The summed E-state index contributed by atoms with van der Waals surface area (Å²) in [7, 11) is 1.66. The number of carbonyl (C=O) groups excluding carboxylic acids is 2. The van der Waals surface area contributed by atoms with Gasteiger partial charge in [0.2, 0.25) is 11.8 Å². The number of rotatable bonds is 6. The van der Waals surface area contributed by atoms with Crippen molar-refractivity contribution in [3.05, 3.63) is 58.7 Å². The molecular weight excluding hydrogens is 344 g/mol. The summed E-state index contributed by atoms with van der Waals surface area (Å²) < 4.78 is 0. The molecule has 0 aliphatic rings. The van der Waals surface area contributed by atoms with Gasteiger partial charge in [-0.3, -0.25) is 9.59 Å². The average molecular weight is 371 g/mol. The minimum absolute atomic E-state index is 0.0414. The van der Waals surface area contributed by atoms with Crippen LogP contribution in [-0.2, 0) is 9.59 Å². The number of aryl methyl sites for hydroxylation is 3. The van der Waals surface area contributed by atoms with Gasteiger partial charge in [0.05, 0.1) is 12.3 Å². The van der Waals surface area contributed by atoms with E-state index in [0.29, 0.717) is 5.75 Å². The molecule has 2 rings (SSSR count). The predicted octanol–water partition coefficient (Wildman–Crippen LogP) is 4.11. The molecule has 0 unspecified atom stereocenters. The molecule has 0 bridgehead atoms. The van der Waals surface area contributed by atoms with E-state index in [1.807, 2.05) is 38.1 Å². The zero-order valence-corrected chi connectivity index (χ0v) is 16.9. The third-order valence-corrected chi connectivity index (χ3v) is 5.50. The second-order valence-electron chi connectivity index (χ2n) is 6.58. The molecule has 0 aliphatic heterocycles. The van der Waals surface area contributed by atoms with Crippen molar-refractivity contribution >= 4 is 29.3 Å². The highest BCUT2D eigenvalue weighted by Crippen LogP contribution is 2.21. The fraction of sp³-hybridized carbons (Fsp3) is 0.333. The summed E-state index contributed by atoms with van der Waals surface area (Å²) >= 11 is 1.49. The third kappa shape index (κ3) is 5.36. The fourth-order valence-electron chi connectivity index (χ4n) is 2.44. The molecule has 0 saturated carbocycles. The minimum atomic E-state index is -0.189. The van der Waals surface area contributed by atoms with Gasteiger partial charge in [0.15, 0.2) is 0 Å². The lowest BCUT2D eigenvalue weighted by Crippen LogP contribution is -2.36. The third-order valence-electron chi connectivity index (χ3n) is 4.53. The van der Waals surface area contributed by atoms with Gasteiger partial charge in [-0.05, 0) is 68.1 Å². The number of anilines is 1. The van der Waals surface area contributed by atoms with E-state index in [1.165, 1.54) is 27.8 Å². The number of benzene rings is 2. The van der Waals surface area contributed by atoms with E-state index in [-0.39, 0.29) is 18.4 Å². The fourth-order valence-corrected chi connectivity index (χ4v) is 3.37. The van der Waals surface area contributed by atoms with Gasteiger partial charge in [-0.15, -0.1) is 11.8 Å². The first-order valence-electron chi connectivity index (χ1n) is 8.58. The molecule has 5 heteroatoms. The predicted molar refractivity (Wildman–Crippen MR) is 109 cm³/mol. The SMILES string of the molecule is Cc1ccc(SCC(=O)N(C)CC(=O)Nc2cccc(C)c2C)cc1C. The Bertz CT molecular complexity index is 818. The quantitative estimate of drug-likeness (QED) is 0.779. The van der Waals surface area contributed by atoms with Crippen molar-refractivity contribution in [3.63, 3.8) is 0 Å². The molecule has 0 spiro atoms. The maximum absolute atomic E-state index is 12.3. The van der Waals surface area contributed by atoms with Crippen molar-refractivity contribution in [2.75, 3.05) is 24.7 Å². The Hall–Kier alpha value is -2.27. The van der Waals surface area contributed by atoms with E-state index >= 15 is 0 Å². The largest absolute Gasteiger partial charge is 0.336 e. The van der Waals surface area contributed by atoms with Crippen molar-refractivity contribution in [1.82, 2.24) is 4.90 Å². The molecule has 2 aromatic rings. The summed E-state index contributed by atoms with van der Waals surface area (Å²) in [4.78, 5) is 27.1. The van der Waals surface area contributed by atoms with Gasteiger partial charge in [0.25, 0.3) is 0 Å². The van der Waals surface area contributed by atoms with Crippen LogP contribution in [0.4, 0.5) is 5.69 Å². The van der Waals surface area contributed by atoms with Gasteiger partial charge in [-0.25, -0.2) is 0 Å². The second kappa shape index (κ2) is 8.90. The number of likely N-dealkylation sites (N-methyl/N-ethyl adjacent to an activating group) is 1. The molecule has 2 aromatic carbocycles. The molecule has 138 valence electrons. The molecule has 26 heavy (non-hydrogen) atoms. The Morgan fingerprint density at radius 3 is 2.42 bits per heavy atom. The molecule has 0 aliphatic carbocycles. The van der Waals surface area contributed by atoms with Gasteiger partial charge < -0.3 is 10.2 Å². The van der Waals surface area contributed by atoms with Crippen molar-refractivity contribution in [2.24, 2.45) is 0 Å². The van der Waals surface area contributed by atoms with Crippen LogP contribution in [0.15, 0.2) is 41.3 Å². The molecule has 4 nitrogen and oxygen atoms in total. The highest BCUT2D eigenvalue weighted by molar-refractivity contribution is 8.00. The summed E-state index contributed by atoms with van der Waals surface area (Å²) in [6.45, 7) is 8.15. The summed E-state index contributed by atoms with van der Waals surface area (Å²) in [5.41, 5.74) is 5.40. The normalized spacial score (nSPS) is 10.5. The van der Waals surface area contributed by atoms with Crippen LogP contribution in [0.5, 0.6) is 0 Å². The van der Waals surface area contributed by atoms with Crippen LogP contribution in [0, 0.1) is 27.7 Å². The maximum Gasteiger partial charge on any atom is 0.243 e. The van der Waals surface area contributed by atoms with Crippen molar-refractivity contribution in [2.45, 2.75) is 32.6 Å². The topological polar surface area (TPSA) is 49.4 Å². The maximum atomic E-state index is 12.3. The smallest absolute Gasteiger partial charge is 0.243 e. The molecule has 1 N–H and O–H groups in total. The number of hydrogen-bond acceptors (Lipinski definition) is 3. The lowest BCUT2D eigenvalue weighted by molar-refractivity contribution is -0.131. The first-order chi connectivity index (χ1) is 12.3. The first-order valence-corrected chi connectivity index (χ1v) is 9.56. The monoisotopic (exact) mass is 370 g/mol. The molecule has 0 heterocycles. The standard InChI is InChI=1S/C21H26N2O2S/c1-14-9-10-18(11-16(14)3)26-13-21(25)23(5)12-20(24)22-19-8-6-7-15(2)17(19)4/h6-11H,12-13H2,1-5H3,(H,22,24). The Labute approximate surface area is 160 Å². The zero-order valence-electron chi connectivity index (χ0n) is 16.1. The average Bonchev–Trinajstić information content (AvgIpc) is 2.59. The molecule has 2 amide bonds. The van der Waals surface area contributed by atoms with Crippen molar-refractivity contribution in [3.8, 4) is 0 Å². The Balaban J connectivity index is 1.86. The summed E-state index contributed by atoms with van der Waals surface area (Å²) in [6, 6.07) is 12.0. The van der Waals surface area contributed by atoms with E-state index in [4.69, 9.17) is 0 Å². The number of nitrogens with zero attached hydrogens (tertiary/aromatic N) is 1. The Morgan fingerprint density at radius 2 is 1.73 bits per heavy atom. The summed E-state index contributed by atoms with van der Waals surface area (Å²) in [5.74, 6) is 0.0607. The number of hydrogen-bond donors (Lipinski definition) is 1. The molecule has 0 saturated heterocycles. The van der Waals surface area contributed by atoms with Crippen LogP contribution in [0.1, 0.15) is 22.3 Å². The molecular formula is C21H26N2O2S. The molecule has 0 aromatic heterocycles. The van der Waals surface area contributed by atoms with Crippen LogP contribution < -0.4 is 5.32 Å². The van der Waals surface area contributed by atoms with Crippen LogP contribution in [0.2, 0.25) is 0 Å². The van der Waals surface area contributed by atoms with Gasteiger partial charge in [0, 0.05) is 17.6 Å². The van der Waals surface area contributed by atoms with Crippen LogP contribution in [-0.4, -0.2) is 36.1 Å². The summed E-state index contributed by atoms with van der Waals surface area (Å²) in [6.07, 6.45) is 0. The lowest BCUT2D eigenvalue weighted by Gasteiger charge is -2.17. The minimum Gasteiger partial charge on any atom is -0.336 e. The van der Waals surface area contributed by atoms with E-state index in [0.717, 1.165) is 21.7 Å². The van der Waals surface area contributed by atoms with E-state index < -0.39 is 0 Å². The highest BCUT2D eigenvalue weighted by Gasteiger charge is 2.14. The number of nitrogens with one attached hydrogen (secondary N) is 1. The Morgan fingerprint density at radius 1 is 1.00 bits per heavy atom. The van der Waals surface area contributed by atoms with Crippen LogP contribution >= 0.6 is 11.8 Å². The van der Waals surface area contributed by atoms with Gasteiger partial charge in [-0.2, -0.15) is 0 Å². The first kappa shape index (κ1) is 20.0. The Kier molecular flexibility index (Phi) is 6.86. The number of carbonyl (C=O) groups is 2. The zero-order chi connectivity index (χ0) is 19.3. The highest BCUT2D eigenvalue weighted by atomic mass is 32.2. The van der Waals surface area contributed by atoms with E-state index in [2.05, 4.69) is 31.3 Å². The summed E-state index contributed by atoms with van der Waals surface area (Å²) in [5, 5.41) is 2.88. The van der Waals surface area contributed by atoms with Crippen molar-refractivity contribution < 1.29 is 9.59 Å². The molecule has 0 atom stereocenters. The van der Waals surface area contributed by atoms with Crippen LogP contribution in [0.25, 0.3) is 0 Å². The van der Waals surface area contributed by atoms with Gasteiger partial charge >= 0.3 is 0 Å². The lowest BCUT2D eigenvalue weighted by atomic mass is 10.1.